The van der Waals surface area contributed by atoms with Crippen molar-refractivity contribution in [1.29, 1.82) is 0 Å². The maximum absolute atomic E-state index is 12.6. The first-order valence-electron chi connectivity index (χ1n) is 9.49. The first-order valence-corrected chi connectivity index (χ1v) is 10.4. The summed E-state index contributed by atoms with van der Waals surface area (Å²) in [6.45, 7) is 1.18. The summed E-state index contributed by atoms with van der Waals surface area (Å²) in [5.74, 6) is -0.131. The Morgan fingerprint density at radius 3 is 2.87 bits per heavy atom. The van der Waals surface area contributed by atoms with E-state index in [-0.39, 0.29) is 19.1 Å². The fraction of sp³-hybridized carbons (Fsp3) is 0.350. The largest absolute Gasteiger partial charge is 0.481 e. The van der Waals surface area contributed by atoms with Gasteiger partial charge in [-0.05, 0) is 35.6 Å². The number of benzene rings is 1. The van der Waals surface area contributed by atoms with Crippen molar-refractivity contribution in [2.45, 2.75) is 31.5 Å². The van der Waals surface area contributed by atoms with Crippen LogP contribution in [0.1, 0.15) is 29.3 Å². The summed E-state index contributed by atoms with van der Waals surface area (Å²) in [5, 5.41) is 16.5. The maximum Gasteiger partial charge on any atom is 0.315 e. The number of hydrogen-bond acceptors (Lipinski definition) is 6. The van der Waals surface area contributed by atoms with Gasteiger partial charge in [0.05, 0.1) is 19.0 Å². The van der Waals surface area contributed by atoms with Crippen LogP contribution in [0.3, 0.4) is 0 Å². The second-order valence-electron chi connectivity index (χ2n) is 7.06. The molecule has 2 aliphatic heterocycles. The van der Waals surface area contributed by atoms with E-state index in [1.165, 1.54) is 0 Å². The quantitative estimate of drug-likeness (QED) is 0.618. The van der Waals surface area contributed by atoms with Gasteiger partial charge in [0, 0.05) is 11.4 Å². The van der Waals surface area contributed by atoms with Crippen molar-refractivity contribution in [3.63, 3.8) is 0 Å². The molecule has 1 aromatic heterocycles. The van der Waals surface area contributed by atoms with E-state index < -0.39 is 24.1 Å². The molecule has 3 N–H and O–H groups in total. The van der Waals surface area contributed by atoms with Crippen molar-refractivity contribution < 1.29 is 29.0 Å². The molecular formula is C20H21N3O6S. The number of hydrogen-bond donors (Lipinski definition) is 3. The third kappa shape index (κ3) is 4.48. The molecule has 2 aromatic rings. The molecule has 0 aliphatic carbocycles. The fourth-order valence-electron chi connectivity index (χ4n) is 3.54. The molecule has 4 rings (SSSR count). The third-order valence-electron chi connectivity index (χ3n) is 5.01. The zero-order valence-electron chi connectivity index (χ0n) is 16.0. The Balaban J connectivity index is 1.38. The zero-order valence-corrected chi connectivity index (χ0v) is 16.8. The van der Waals surface area contributed by atoms with Gasteiger partial charge in [-0.2, -0.15) is 0 Å². The molecule has 0 radical (unpaired) electrons. The predicted molar refractivity (Wildman–Crippen MR) is 107 cm³/mol. The Kier molecular flexibility index (Phi) is 5.75. The SMILES string of the molecule is O=C(O)C[C@H](NC(=O)N[C@H]1CCN(Cc2cccs2)C1=O)c1ccc2c(c1)OCO2. The van der Waals surface area contributed by atoms with E-state index in [1.807, 2.05) is 17.5 Å². The van der Waals surface area contributed by atoms with Crippen LogP contribution in [0.5, 0.6) is 11.5 Å². The molecule has 0 bridgehead atoms. The van der Waals surface area contributed by atoms with Crippen LogP contribution in [0.2, 0.25) is 0 Å². The Bertz CT molecular complexity index is 948. The van der Waals surface area contributed by atoms with Crippen LogP contribution in [-0.2, 0) is 16.1 Å². The lowest BCUT2D eigenvalue weighted by Crippen LogP contribution is -2.47. The minimum atomic E-state index is -1.06. The van der Waals surface area contributed by atoms with Gasteiger partial charge in [-0.25, -0.2) is 4.79 Å². The van der Waals surface area contributed by atoms with Gasteiger partial charge in [0.25, 0.3) is 0 Å². The monoisotopic (exact) mass is 431 g/mol. The number of aliphatic carboxylic acids is 1. The third-order valence-corrected chi connectivity index (χ3v) is 5.87. The number of ether oxygens (including phenoxy) is 2. The molecule has 0 spiro atoms. The van der Waals surface area contributed by atoms with E-state index >= 15 is 0 Å². The molecule has 1 aromatic carbocycles. The van der Waals surface area contributed by atoms with E-state index in [9.17, 15) is 19.5 Å². The standard InChI is InChI=1S/C20H21N3O6S/c24-18(25)9-15(12-3-4-16-17(8-12)29-11-28-16)22-20(27)21-14-5-6-23(19(14)26)10-13-2-1-7-30-13/h1-4,7-8,14-15H,5-6,9-11H2,(H,24,25)(H2,21,22,27)/t14-,15-/m0/s1. The highest BCUT2D eigenvalue weighted by Gasteiger charge is 2.33. The number of carbonyl (C=O) groups excluding carboxylic acids is 2. The van der Waals surface area contributed by atoms with Gasteiger partial charge >= 0.3 is 12.0 Å². The number of thiophene rings is 1. The molecule has 9 nitrogen and oxygen atoms in total. The summed E-state index contributed by atoms with van der Waals surface area (Å²) >= 11 is 1.58. The van der Waals surface area contributed by atoms with Gasteiger partial charge in [-0.1, -0.05) is 12.1 Å². The molecular weight excluding hydrogens is 410 g/mol. The fourth-order valence-corrected chi connectivity index (χ4v) is 4.25. The van der Waals surface area contributed by atoms with Crippen molar-refractivity contribution in [2.24, 2.45) is 0 Å². The van der Waals surface area contributed by atoms with Gasteiger partial charge in [0.1, 0.15) is 6.04 Å². The van der Waals surface area contributed by atoms with Crippen LogP contribution in [-0.4, -0.2) is 47.3 Å². The lowest BCUT2D eigenvalue weighted by atomic mass is 10.0. The molecule has 1 saturated heterocycles. The van der Waals surface area contributed by atoms with Crippen LogP contribution in [0.25, 0.3) is 0 Å². The summed E-state index contributed by atoms with van der Waals surface area (Å²) in [6, 6.07) is 6.91. The van der Waals surface area contributed by atoms with Crippen LogP contribution >= 0.6 is 11.3 Å². The number of carboxylic acids is 1. The normalized spacial score (nSPS) is 18.3. The van der Waals surface area contributed by atoms with Crippen molar-refractivity contribution >= 4 is 29.2 Å². The molecule has 10 heteroatoms. The van der Waals surface area contributed by atoms with E-state index in [2.05, 4.69) is 10.6 Å². The van der Waals surface area contributed by atoms with Crippen molar-refractivity contribution in [3.8, 4) is 11.5 Å². The zero-order chi connectivity index (χ0) is 21.1. The summed E-state index contributed by atoms with van der Waals surface area (Å²) in [7, 11) is 0. The van der Waals surface area contributed by atoms with Crippen molar-refractivity contribution in [3.05, 3.63) is 46.2 Å². The summed E-state index contributed by atoms with van der Waals surface area (Å²) in [4.78, 5) is 39.2. The highest BCUT2D eigenvalue weighted by molar-refractivity contribution is 7.09. The topological polar surface area (TPSA) is 117 Å². The molecule has 2 aliphatic rings. The number of nitrogens with one attached hydrogen (secondary N) is 2. The van der Waals surface area contributed by atoms with E-state index in [1.54, 1.807) is 34.4 Å². The molecule has 0 saturated carbocycles. The summed E-state index contributed by atoms with van der Waals surface area (Å²) in [5.41, 5.74) is 0.578. The van der Waals surface area contributed by atoms with Crippen LogP contribution < -0.4 is 20.1 Å². The number of fused-ring (bicyclic) bond motifs is 1. The van der Waals surface area contributed by atoms with Crippen LogP contribution in [0.4, 0.5) is 4.79 Å². The number of likely N-dealkylation sites (tertiary alicyclic amines) is 1. The Morgan fingerprint density at radius 2 is 2.10 bits per heavy atom. The first kappa shape index (κ1) is 20.0. The lowest BCUT2D eigenvalue weighted by molar-refractivity contribution is -0.137. The highest BCUT2D eigenvalue weighted by Crippen LogP contribution is 2.34. The number of amides is 3. The van der Waals surface area contributed by atoms with E-state index in [0.717, 1.165) is 4.88 Å². The molecule has 3 amide bonds. The molecule has 3 heterocycles. The molecule has 0 unspecified atom stereocenters. The van der Waals surface area contributed by atoms with Gasteiger partial charge in [-0.15, -0.1) is 11.3 Å². The molecule has 158 valence electrons. The predicted octanol–water partition coefficient (Wildman–Crippen LogP) is 2.09. The van der Waals surface area contributed by atoms with Crippen molar-refractivity contribution in [1.82, 2.24) is 15.5 Å². The first-order chi connectivity index (χ1) is 14.5. The maximum atomic E-state index is 12.6. The average molecular weight is 431 g/mol. The average Bonchev–Trinajstić information content (AvgIpc) is 3.45. The number of urea groups is 1. The lowest BCUT2D eigenvalue weighted by Gasteiger charge is -2.20. The molecule has 2 atom stereocenters. The molecule has 1 fully saturated rings. The van der Waals surface area contributed by atoms with Gasteiger partial charge in [-0.3, -0.25) is 9.59 Å². The number of carboxylic acid groups (broad SMARTS) is 1. The van der Waals surface area contributed by atoms with Gasteiger partial charge in [0.2, 0.25) is 12.7 Å². The highest BCUT2D eigenvalue weighted by atomic mass is 32.1. The second kappa shape index (κ2) is 8.62. The van der Waals surface area contributed by atoms with Crippen molar-refractivity contribution in [2.75, 3.05) is 13.3 Å². The van der Waals surface area contributed by atoms with E-state index in [4.69, 9.17) is 9.47 Å². The Morgan fingerprint density at radius 1 is 1.27 bits per heavy atom. The molecule has 30 heavy (non-hydrogen) atoms. The van der Waals surface area contributed by atoms with Gasteiger partial charge in [0.15, 0.2) is 11.5 Å². The van der Waals surface area contributed by atoms with Crippen LogP contribution in [0, 0.1) is 0 Å². The van der Waals surface area contributed by atoms with Crippen LogP contribution in [0.15, 0.2) is 35.7 Å². The Labute approximate surface area is 176 Å². The minimum absolute atomic E-state index is 0.0993. The number of nitrogens with zero attached hydrogens (tertiary/aromatic N) is 1. The summed E-state index contributed by atoms with van der Waals surface area (Å²) < 4.78 is 10.6. The second-order valence-corrected chi connectivity index (χ2v) is 8.09. The Hall–Kier alpha value is -3.27. The number of rotatable bonds is 7. The summed E-state index contributed by atoms with van der Waals surface area (Å²) in [6.07, 6.45) is 0.196. The van der Waals surface area contributed by atoms with Gasteiger partial charge < -0.3 is 30.1 Å². The number of carbonyl (C=O) groups is 3. The minimum Gasteiger partial charge on any atom is -0.481 e. The smallest absolute Gasteiger partial charge is 0.315 e. The van der Waals surface area contributed by atoms with E-state index in [0.29, 0.717) is 36.6 Å².